The second-order valence-corrected chi connectivity index (χ2v) is 5.73. The van der Waals surface area contributed by atoms with Crippen molar-refractivity contribution >= 4 is 23.4 Å². The molecule has 1 aliphatic heterocycles. The lowest BCUT2D eigenvalue weighted by molar-refractivity contribution is 0.0693. The number of nitrogens with zero attached hydrogens (tertiary/aromatic N) is 1. The van der Waals surface area contributed by atoms with Gasteiger partial charge in [0.2, 0.25) is 0 Å². The van der Waals surface area contributed by atoms with Gasteiger partial charge >= 0.3 is 0 Å². The van der Waals surface area contributed by atoms with Gasteiger partial charge in [0.05, 0.1) is 23.4 Å². The van der Waals surface area contributed by atoms with Crippen molar-refractivity contribution in [3.8, 4) is 5.75 Å². The van der Waals surface area contributed by atoms with Crippen LogP contribution in [0.5, 0.6) is 5.75 Å². The number of carbonyl (C=O) groups excluding carboxylic acids is 3. The Bertz CT molecular complexity index is 860. The Kier molecular flexibility index (Phi) is 4.52. The number of benzene rings is 2. The van der Waals surface area contributed by atoms with Gasteiger partial charge in [-0.2, -0.15) is 0 Å². The van der Waals surface area contributed by atoms with Crippen LogP contribution in [0.4, 0.5) is 5.69 Å². The fraction of sp³-hybridized carbons (Fsp3) is 0.211. The zero-order valence-corrected chi connectivity index (χ0v) is 14.0. The minimum absolute atomic E-state index is 0.246. The standard InChI is InChI=1S/C19H18N2O4/c1-3-10-25-16-7-5-4-6-15(16)20-17(22)12-8-9-13-14(11-12)19(24)21(2)18(13)23/h4-9,11H,3,10H2,1-2H3,(H,20,22). The zero-order valence-electron chi connectivity index (χ0n) is 14.0. The van der Waals surface area contributed by atoms with Crippen molar-refractivity contribution in [3.05, 3.63) is 59.2 Å². The molecule has 0 spiro atoms. The molecule has 6 nitrogen and oxygen atoms in total. The quantitative estimate of drug-likeness (QED) is 0.851. The molecule has 0 aliphatic carbocycles. The molecule has 0 aromatic heterocycles. The lowest BCUT2D eigenvalue weighted by Crippen LogP contribution is -2.24. The van der Waals surface area contributed by atoms with Gasteiger partial charge in [-0.05, 0) is 36.8 Å². The predicted molar refractivity (Wildman–Crippen MR) is 93.0 cm³/mol. The van der Waals surface area contributed by atoms with Crippen molar-refractivity contribution < 1.29 is 19.1 Å². The smallest absolute Gasteiger partial charge is 0.261 e. The van der Waals surface area contributed by atoms with Gasteiger partial charge in [0, 0.05) is 12.6 Å². The summed E-state index contributed by atoms with van der Waals surface area (Å²) in [6.45, 7) is 2.55. The van der Waals surface area contributed by atoms with E-state index in [1.165, 1.54) is 25.2 Å². The van der Waals surface area contributed by atoms with E-state index in [0.717, 1.165) is 11.3 Å². The number of carbonyl (C=O) groups is 3. The molecular weight excluding hydrogens is 320 g/mol. The van der Waals surface area contributed by atoms with Crippen molar-refractivity contribution in [1.82, 2.24) is 4.90 Å². The van der Waals surface area contributed by atoms with Gasteiger partial charge < -0.3 is 10.1 Å². The topological polar surface area (TPSA) is 75.7 Å². The maximum Gasteiger partial charge on any atom is 0.261 e. The maximum absolute atomic E-state index is 12.5. The Labute approximate surface area is 145 Å². The van der Waals surface area contributed by atoms with Gasteiger partial charge in [0.15, 0.2) is 0 Å². The normalized spacial score (nSPS) is 13.0. The molecule has 0 fully saturated rings. The summed E-state index contributed by atoms with van der Waals surface area (Å²) in [7, 11) is 1.42. The molecule has 2 aromatic carbocycles. The molecular formula is C19H18N2O4. The van der Waals surface area contributed by atoms with Gasteiger partial charge in [0.1, 0.15) is 5.75 Å². The molecule has 1 aliphatic rings. The fourth-order valence-electron chi connectivity index (χ4n) is 2.60. The Morgan fingerprint density at radius 1 is 1.08 bits per heavy atom. The van der Waals surface area contributed by atoms with E-state index < -0.39 is 5.91 Å². The molecule has 1 N–H and O–H groups in total. The van der Waals surface area contributed by atoms with Crippen LogP contribution in [0.15, 0.2) is 42.5 Å². The third-order valence-electron chi connectivity index (χ3n) is 3.95. The first-order valence-corrected chi connectivity index (χ1v) is 8.02. The average Bonchev–Trinajstić information content (AvgIpc) is 2.85. The maximum atomic E-state index is 12.5. The highest BCUT2D eigenvalue weighted by molar-refractivity contribution is 6.22. The highest BCUT2D eigenvalue weighted by Crippen LogP contribution is 2.26. The van der Waals surface area contributed by atoms with Crippen LogP contribution >= 0.6 is 0 Å². The van der Waals surface area contributed by atoms with E-state index in [2.05, 4.69) is 5.32 Å². The summed E-state index contributed by atoms with van der Waals surface area (Å²) in [4.78, 5) is 37.6. The van der Waals surface area contributed by atoms with E-state index in [1.54, 1.807) is 18.2 Å². The molecule has 25 heavy (non-hydrogen) atoms. The van der Waals surface area contributed by atoms with Crippen LogP contribution < -0.4 is 10.1 Å². The molecule has 0 radical (unpaired) electrons. The van der Waals surface area contributed by atoms with Crippen LogP contribution in [0.2, 0.25) is 0 Å². The summed E-state index contributed by atoms with van der Waals surface area (Å²) < 4.78 is 5.62. The Morgan fingerprint density at radius 2 is 1.80 bits per heavy atom. The highest BCUT2D eigenvalue weighted by Gasteiger charge is 2.33. The van der Waals surface area contributed by atoms with Crippen LogP contribution in [-0.4, -0.2) is 36.3 Å². The number of hydrogen-bond acceptors (Lipinski definition) is 4. The molecule has 6 heteroatoms. The predicted octanol–water partition coefficient (Wildman–Crippen LogP) is 2.95. The van der Waals surface area contributed by atoms with E-state index in [0.29, 0.717) is 29.2 Å². The van der Waals surface area contributed by atoms with Crippen LogP contribution in [-0.2, 0) is 0 Å². The first-order chi connectivity index (χ1) is 12.0. The lowest BCUT2D eigenvalue weighted by Gasteiger charge is -2.12. The van der Waals surface area contributed by atoms with Gasteiger partial charge in [-0.15, -0.1) is 0 Å². The Morgan fingerprint density at radius 3 is 2.56 bits per heavy atom. The monoisotopic (exact) mass is 338 g/mol. The van der Waals surface area contributed by atoms with E-state index in [1.807, 2.05) is 13.0 Å². The molecule has 3 rings (SSSR count). The van der Waals surface area contributed by atoms with E-state index in [-0.39, 0.29) is 17.4 Å². The third kappa shape index (κ3) is 3.10. The van der Waals surface area contributed by atoms with Crippen molar-refractivity contribution in [2.24, 2.45) is 0 Å². The number of rotatable bonds is 5. The highest BCUT2D eigenvalue weighted by atomic mass is 16.5. The van der Waals surface area contributed by atoms with Crippen LogP contribution in [0.3, 0.4) is 0 Å². The van der Waals surface area contributed by atoms with Gasteiger partial charge in [-0.3, -0.25) is 19.3 Å². The number of nitrogens with one attached hydrogen (secondary N) is 1. The molecule has 1 heterocycles. The molecule has 0 saturated heterocycles. The third-order valence-corrected chi connectivity index (χ3v) is 3.95. The second kappa shape index (κ2) is 6.76. The number of amides is 3. The number of hydrogen-bond donors (Lipinski definition) is 1. The minimum Gasteiger partial charge on any atom is -0.491 e. The summed E-state index contributed by atoms with van der Waals surface area (Å²) in [6, 6.07) is 11.7. The Balaban J connectivity index is 1.84. The number of anilines is 1. The summed E-state index contributed by atoms with van der Waals surface area (Å²) >= 11 is 0. The zero-order chi connectivity index (χ0) is 18.0. The van der Waals surface area contributed by atoms with E-state index in [9.17, 15) is 14.4 Å². The molecule has 0 bridgehead atoms. The molecule has 0 unspecified atom stereocenters. The summed E-state index contributed by atoms with van der Waals surface area (Å²) in [6.07, 6.45) is 0.858. The van der Waals surface area contributed by atoms with Crippen molar-refractivity contribution in [2.45, 2.75) is 13.3 Å². The number of fused-ring (bicyclic) bond motifs is 1. The molecule has 3 amide bonds. The molecule has 0 atom stereocenters. The summed E-state index contributed by atoms with van der Waals surface area (Å²) in [5.41, 5.74) is 1.42. The largest absolute Gasteiger partial charge is 0.491 e. The fourth-order valence-corrected chi connectivity index (χ4v) is 2.60. The number of para-hydroxylation sites is 2. The summed E-state index contributed by atoms with van der Waals surface area (Å²) in [5.74, 6) is -0.540. The van der Waals surface area contributed by atoms with Gasteiger partial charge in [0.25, 0.3) is 17.7 Å². The average molecular weight is 338 g/mol. The molecule has 0 saturated carbocycles. The van der Waals surface area contributed by atoms with Crippen LogP contribution in [0, 0.1) is 0 Å². The van der Waals surface area contributed by atoms with Gasteiger partial charge in [-0.25, -0.2) is 0 Å². The first-order valence-electron chi connectivity index (χ1n) is 8.02. The Hall–Kier alpha value is -3.15. The SMILES string of the molecule is CCCOc1ccccc1NC(=O)c1ccc2c(c1)C(=O)N(C)C2=O. The number of imide groups is 1. The molecule has 2 aromatic rings. The van der Waals surface area contributed by atoms with Crippen molar-refractivity contribution in [3.63, 3.8) is 0 Å². The first kappa shape index (κ1) is 16.7. The van der Waals surface area contributed by atoms with Gasteiger partial charge in [-0.1, -0.05) is 19.1 Å². The van der Waals surface area contributed by atoms with Crippen molar-refractivity contribution in [2.75, 3.05) is 19.0 Å². The van der Waals surface area contributed by atoms with Crippen LogP contribution in [0.25, 0.3) is 0 Å². The lowest BCUT2D eigenvalue weighted by atomic mass is 10.1. The molecule has 128 valence electrons. The van der Waals surface area contributed by atoms with Crippen molar-refractivity contribution in [1.29, 1.82) is 0 Å². The minimum atomic E-state index is -0.402. The van der Waals surface area contributed by atoms with E-state index >= 15 is 0 Å². The summed E-state index contributed by atoms with van der Waals surface area (Å²) in [5, 5.41) is 2.79. The van der Waals surface area contributed by atoms with E-state index in [4.69, 9.17) is 4.74 Å². The second-order valence-electron chi connectivity index (χ2n) is 5.73. The number of ether oxygens (including phenoxy) is 1. The van der Waals surface area contributed by atoms with Crippen LogP contribution in [0.1, 0.15) is 44.4 Å².